The van der Waals surface area contributed by atoms with Gasteiger partial charge in [0.25, 0.3) is 5.91 Å². The second-order valence-electron chi connectivity index (χ2n) is 6.15. The molecule has 3 aromatic carbocycles. The van der Waals surface area contributed by atoms with E-state index in [1.165, 1.54) is 0 Å². The molecule has 0 fully saturated rings. The molecule has 1 N–H and O–H groups in total. The van der Waals surface area contributed by atoms with Crippen LogP contribution in [0.3, 0.4) is 0 Å². The fourth-order valence-corrected chi connectivity index (χ4v) is 2.82. The highest BCUT2D eigenvalue weighted by atomic mass is 16.5. The van der Waals surface area contributed by atoms with E-state index in [2.05, 4.69) is 12.2 Å². The Labute approximate surface area is 154 Å². The van der Waals surface area contributed by atoms with Crippen LogP contribution in [0.25, 0.3) is 0 Å². The van der Waals surface area contributed by atoms with Gasteiger partial charge in [-0.15, -0.1) is 0 Å². The Morgan fingerprint density at radius 2 is 1.62 bits per heavy atom. The summed E-state index contributed by atoms with van der Waals surface area (Å²) in [6.45, 7) is 2.55. The van der Waals surface area contributed by atoms with Crippen LogP contribution < -0.4 is 10.1 Å². The number of ether oxygens (including phenoxy) is 1. The van der Waals surface area contributed by atoms with Gasteiger partial charge in [0.15, 0.2) is 0 Å². The molecule has 1 amide bonds. The Hall–Kier alpha value is -3.07. The summed E-state index contributed by atoms with van der Waals surface area (Å²) in [4.78, 5) is 12.6. The van der Waals surface area contributed by atoms with Crippen LogP contribution in [0.1, 0.15) is 40.9 Å². The Kier molecular flexibility index (Phi) is 6.05. The SMILES string of the molecule is CCC(NC(=O)c1cccc(OCc2ccccc2)c1)c1ccccc1. The van der Waals surface area contributed by atoms with E-state index in [-0.39, 0.29) is 11.9 Å². The fraction of sp³-hybridized carbons (Fsp3) is 0.174. The second kappa shape index (κ2) is 8.86. The molecule has 3 aromatic rings. The lowest BCUT2D eigenvalue weighted by atomic mass is 10.0. The third-order valence-corrected chi connectivity index (χ3v) is 4.26. The molecule has 0 heterocycles. The molecule has 0 aliphatic heterocycles. The van der Waals surface area contributed by atoms with Crippen LogP contribution in [0.4, 0.5) is 0 Å². The van der Waals surface area contributed by atoms with Gasteiger partial charge in [0.2, 0.25) is 0 Å². The smallest absolute Gasteiger partial charge is 0.251 e. The largest absolute Gasteiger partial charge is 0.489 e. The normalized spacial score (nSPS) is 11.6. The molecule has 3 heteroatoms. The lowest BCUT2D eigenvalue weighted by Gasteiger charge is -2.17. The highest BCUT2D eigenvalue weighted by molar-refractivity contribution is 5.94. The monoisotopic (exact) mass is 345 g/mol. The highest BCUT2D eigenvalue weighted by Gasteiger charge is 2.14. The van der Waals surface area contributed by atoms with Crippen molar-refractivity contribution in [2.24, 2.45) is 0 Å². The zero-order valence-electron chi connectivity index (χ0n) is 14.9. The van der Waals surface area contributed by atoms with Crippen LogP contribution in [0.5, 0.6) is 5.75 Å². The molecule has 0 spiro atoms. The number of amides is 1. The van der Waals surface area contributed by atoms with Crippen molar-refractivity contribution < 1.29 is 9.53 Å². The average molecular weight is 345 g/mol. The molecular weight excluding hydrogens is 322 g/mol. The lowest BCUT2D eigenvalue weighted by Crippen LogP contribution is -2.28. The number of hydrogen-bond acceptors (Lipinski definition) is 2. The zero-order chi connectivity index (χ0) is 18.2. The molecule has 3 nitrogen and oxygen atoms in total. The standard InChI is InChI=1S/C23H23NO2/c1-2-22(19-12-7-4-8-13-19)24-23(25)20-14-9-15-21(16-20)26-17-18-10-5-3-6-11-18/h3-16,22H,2,17H2,1H3,(H,24,25). The van der Waals surface area contributed by atoms with Crippen molar-refractivity contribution in [2.75, 3.05) is 0 Å². The van der Waals surface area contributed by atoms with Crippen LogP contribution in [-0.2, 0) is 6.61 Å². The van der Waals surface area contributed by atoms with Crippen molar-refractivity contribution in [3.63, 3.8) is 0 Å². The molecule has 0 aromatic heterocycles. The molecule has 0 aliphatic rings. The van der Waals surface area contributed by atoms with Crippen LogP contribution in [0.15, 0.2) is 84.9 Å². The minimum atomic E-state index is -0.0918. The first-order chi connectivity index (χ1) is 12.8. The molecule has 1 unspecified atom stereocenters. The third-order valence-electron chi connectivity index (χ3n) is 4.26. The molecule has 0 radical (unpaired) electrons. The molecule has 0 saturated carbocycles. The molecule has 3 rings (SSSR count). The average Bonchev–Trinajstić information content (AvgIpc) is 2.72. The molecular formula is C23H23NO2. The summed E-state index contributed by atoms with van der Waals surface area (Å²) in [5.74, 6) is 0.597. The maximum Gasteiger partial charge on any atom is 0.251 e. The van der Waals surface area contributed by atoms with Crippen LogP contribution in [0.2, 0.25) is 0 Å². The Morgan fingerprint density at radius 3 is 2.31 bits per heavy atom. The van der Waals surface area contributed by atoms with E-state index in [4.69, 9.17) is 4.74 Å². The predicted molar refractivity (Wildman–Crippen MR) is 104 cm³/mol. The van der Waals surface area contributed by atoms with Crippen LogP contribution in [0, 0.1) is 0 Å². The van der Waals surface area contributed by atoms with E-state index in [1.54, 1.807) is 6.07 Å². The fourth-order valence-electron chi connectivity index (χ4n) is 2.82. The number of carbonyl (C=O) groups is 1. The van der Waals surface area contributed by atoms with E-state index in [0.717, 1.165) is 17.5 Å². The molecule has 1 atom stereocenters. The molecule has 0 aliphatic carbocycles. The quantitative estimate of drug-likeness (QED) is 0.643. The van der Waals surface area contributed by atoms with Crippen molar-refractivity contribution in [1.29, 1.82) is 0 Å². The summed E-state index contributed by atoms with van der Waals surface area (Å²) in [5, 5.41) is 3.11. The van der Waals surface area contributed by atoms with Gasteiger partial charge in [0.05, 0.1) is 6.04 Å². The maximum absolute atomic E-state index is 12.6. The van der Waals surface area contributed by atoms with Gasteiger partial charge >= 0.3 is 0 Å². The van der Waals surface area contributed by atoms with E-state index in [9.17, 15) is 4.79 Å². The van der Waals surface area contributed by atoms with Crippen LogP contribution in [-0.4, -0.2) is 5.91 Å². The van der Waals surface area contributed by atoms with Gasteiger partial charge in [0, 0.05) is 5.56 Å². The first-order valence-electron chi connectivity index (χ1n) is 8.89. The Balaban J connectivity index is 1.66. The van der Waals surface area contributed by atoms with E-state index in [1.807, 2.05) is 78.9 Å². The highest BCUT2D eigenvalue weighted by Crippen LogP contribution is 2.19. The van der Waals surface area contributed by atoms with E-state index >= 15 is 0 Å². The minimum Gasteiger partial charge on any atom is -0.489 e. The summed E-state index contributed by atoms with van der Waals surface area (Å²) in [6.07, 6.45) is 0.833. The summed E-state index contributed by atoms with van der Waals surface area (Å²) < 4.78 is 5.82. The van der Waals surface area contributed by atoms with Gasteiger partial charge in [-0.3, -0.25) is 4.79 Å². The number of benzene rings is 3. The van der Waals surface area contributed by atoms with Gasteiger partial charge in [-0.2, -0.15) is 0 Å². The summed E-state index contributed by atoms with van der Waals surface area (Å²) >= 11 is 0. The number of hydrogen-bond donors (Lipinski definition) is 1. The molecule has 0 bridgehead atoms. The van der Waals surface area contributed by atoms with Crippen LogP contribution >= 0.6 is 0 Å². The summed E-state index contributed by atoms with van der Waals surface area (Å²) in [7, 11) is 0. The van der Waals surface area contributed by atoms with E-state index < -0.39 is 0 Å². The number of carbonyl (C=O) groups excluding carboxylic acids is 1. The van der Waals surface area contributed by atoms with Gasteiger partial charge in [-0.25, -0.2) is 0 Å². The van der Waals surface area contributed by atoms with Crippen molar-refractivity contribution in [3.05, 3.63) is 102 Å². The van der Waals surface area contributed by atoms with Gasteiger partial charge in [-0.1, -0.05) is 73.7 Å². The predicted octanol–water partition coefficient (Wildman–Crippen LogP) is 5.15. The van der Waals surface area contributed by atoms with Crippen molar-refractivity contribution in [2.45, 2.75) is 26.0 Å². The maximum atomic E-state index is 12.6. The second-order valence-corrected chi connectivity index (χ2v) is 6.15. The molecule has 0 saturated heterocycles. The number of rotatable bonds is 7. The van der Waals surface area contributed by atoms with Crippen molar-refractivity contribution in [1.82, 2.24) is 5.32 Å². The van der Waals surface area contributed by atoms with Crippen molar-refractivity contribution >= 4 is 5.91 Å². The number of nitrogens with one attached hydrogen (secondary N) is 1. The third kappa shape index (κ3) is 4.73. The lowest BCUT2D eigenvalue weighted by molar-refractivity contribution is 0.0935. The van der Waals surface area contributed by atoms with Crippen molar-refractivity contribution in [3.8, 4) is 5.75 Å². The molecule has 132 valence electrons. The van der Waals surface area contributed by atoms with Gasteiger partial charge < -0.3 is 10.1 Å². The zero-order valence-corrected chi connectivity index (χ0v) is 14.9. The topological polar surface area (TPSA) is 38.3 Å². The summed E-state index contributed by atoms with van der Waals surface area (Å²) in [5.41, 5.74) is 2.81. The first-order valence-corrected chi connectivity index (χ1v) is 8.89. The van der Waals surface area contributed by atoms with E-state index in [0.29, 0.717) is 17.9 Å². The van der Waals surface area contributed by atoms with Gasteiger partial charge in [-0.05, 0) is 35.7 Å². The first kappa shape index (κ1) is 17.7. The Bertz CT molecular complexity index is 831. The Morgan fingerprint density at radius 1 is 0.923 bits per heavy atom. The summed E-state index contributed by atoms with van der Waals surface area (Å²) in [6, 6.07) is 27.3. The van der Waals surface area contributed by atoms with Gasteiger partial charge in [0.1, 0.15) is 12.4 Å². The molecule has 26 heavy (non-hydrogen) atoms. The minimum absolute atomic E-state index is 0.00223.